The highest BCUT2D eigenvalue weighted by molar-refractivity contribution is 4.62. The minimum Gasteiger partial charge on any atom is -0.395 e. The molecule has 0 saturated carbocycles. The van der Waals surface area contributed by atoms with Crippen LogP contribution in [0.2, 0.25) is 0 Å². The fraction of sp³-hybridized carbons (Fsp3) is 1.00. The zero-order valence-corrected chi connectivity index (χ0v) is 8.87. The molecule has 0 aromatic rings. The molecular weight excluding hydrogens is 166 g/mol. The number of rotatable bonds is 8. The molecule has 0 aromatic heterocycles. The molecule has 0 radical (unpaired) electrons. The van der Waals surface area contributed by atoms with Gasteiger partial charge in [0.15, 0.2) is 0 Å². The maximum atomic E-state index is 9.43. The van der Waals surface area contributed by atoms with Gasteiger partial charge < -0.3 is 10.2 Å². The number of nitrogens with zero attached hydrogens (tertiary/aromatic N) is 1. The summed E-state index contributed by atoms with van der Waals surface area (Å²) in [5.41, 5.74) is 0. The molecule has 1 unspecified atom stereocenters. The van der Waals surface area contributed by atoms with Crippen LogP contribution < -0.4 is 0 Å². The molecule has 0 fully saturated rings. The van der Waals surface area contributed by atoms with Gasteiger partial charge in [0.05, 0.1) is 12.7 Å². The van der Waals surface area contributed by atoms with E-state index in [1.54, 1.807) is 0 Å². The first-order valence-corrected chi connectivity index (χ1v) is 5.25. The fourth-order valence-electron chi connectivity index (χ4n) is 1.24. The summed E-state index contributed by atoms with van der Waals surface area (Å²) >= 11 is 0. The van der Waals surface area contributed by atoms with Gasteiger partial charge >= 0.3 is 0 Å². The van der Waals surface area contributed by atoms with E-state index in [9.17, 15) is 5.11 Å². The molecule has 0 aliphatic rings. The second-order valence-electron chi connectivity index (χ2n) is 3.44. The van der Waals surface area contributed by atoms with E-state index in [1.807, 2.05) is 6.92 Å². The fourth-order valence-corrected chi connectivity index (χ4v) is 1.24. The maximum Gasteiger partial charge on any atom is 0.0664 e. The molecule has 0 heterocycles. The van der Waals surface area contributed by atoms with Crippen molar-refractivity contribution < 1.29 is 10.2 Å². The van der Waals surface area contributed by atoms with Crippen LogP contribution in [0.15, 0.2) is 0 Å². The molecule has 0 rings (SSSR count). The van der Waals surface area contributed by atoms with Crippen LogP contribution in [-0.2, 0) is 0 Å². The number of aliphatic hydroxyl groups excluding tert-OH is 2. The van der Waals surface area contributed by atoms with Crippen molar-refractivity contribution in [2.45, 2.75) is 39.2 Å². The number of hydrogen-bond acceptors (Lipinski definition) is 3. The van der Waals surface area contributed by atoms with Gasteiger partial charge in [-0.3, -0.25) is 4.90 Å². The molecule has 0 aromatic carbocycles. The molecule has 0 amide bonds. The standard InChI is InChI=1S/C10H23NO2/c1-3-5-6-11(7-8-12)9-10(13)4-2/h10,12-13H,3-9H2,1-2H3. The molecule has 2 N–H and O–H groups in total. The Morgan fingerprint density at radius 3 is 2.38 bits per heavy atom. The predicted molar refractivity (Wildman–Crippen MR) is 54.7 cm³/mol. The van der Waals surface area contributed by atoms with Crippen molar-refractivity contribution >= 4 is 0 Å². The second kappa shape index (κ2) is 8.48. The highest BCUT2D eigenvalue weighted by atomic mass is 16.3. The Bertz CT molecular complexity index is 109. The van der Waals surface area contributed by atoms with Gasteiger partial charge in [-0.2, -0.15) is 0 Å². The number of unbranched alkanes of at least 4 members (excludes halogenated alkanes) is 1. The Morgan fingerprint density at radius 2 is 1.92 bits per heavy atom. The van der Waals surface area contributed by atoms with Crippen LogP contribution >= 0.6 is 0 Å². The van der Waals surface area contributed by atoms with E-state index >= 15 is 0 Å². The monoisotopic (exact) mass is 189 g/mol. The third kappa shape index (κ3) is 6.99. The molecule has 80 valence electrons. The molecule has 0 aliphatic heterocycles. The van der Waals surface area contributed by atoms with Gasteiger partial charge in [-0.25, -0.2) is 0 Å². The van der Waals surface area contributed by atoms with E-state index in [-0.39, 0.29) is 12.7 Å². The first-order valence-electron chi connectivity index (χ1n) is 5.25. The van der Waals surface area contributed by atoms with Gasteiger partial charge in [0.2, 0.25) is 0 Å². The lowest BCUT2D eigenvalue weighted by molar-refractivity contribution is 0.0962. The van der Waals surface area contributed by atoms with Crippen LogP contribution in [0.25, 0.3) is 0 Å². The van der Waals surface area contributed by atoms with Crippen LogP contribution in [0.5, 0.6) is 0 Å². The van der Waals surface area contributed by atoms with Crippen molar-refractivity contribution in [3.8, 4) is 0 Å². The Labute approximate surface area is 81.4 Å². The van der Waals surface area contributed by atoms with Crippen molar-refractivity contribution in [2.24, 2.45) is 0 Å². The Balaban J connectivity index is 3.65. The zero-order chi connectivity index (χ0) is 10.1. The molecule has 1 atom stereocenters. The quantitative estimate of drug-likeness (QED) is 0.595. The Kier molecular flexibility index (Phi) is 8.40. The summed E-state index contributed by atoms with van der Waals surface area (Å²) in [6.07, 6.45) is 2.83. The van der Waals surface area contributed by atoms with Crippen LogP contribution in [0.1, 0.15) is 33.1 Å². The molecule has 0 saturated heterocycles. The van der Waals surface area contributed by atoms with E-state index in [0.29, 0.717) is 13.1 Å². The summed E-state index contributed by atoms with van der Waals surface area (Å²) in [6, 6.07) is 0. The predicted octanol–water partition coefficient (Wildman–Crippen LogP) is 0.852. The average Bonchev–Trinajstić information content (AvgIpc) is 2.14. The molecule has 0 aliphatic carbocycles. The molecular formula is C10H23NO2. The minimum atomic E-state index is -0.247. The van der Waals surface area contributed by atoms with Crippen molar-refractivity contribution in [1.82, 2.24) is 4.90 Å². The minimum absolute atomic E-state index is 0.181. The largest absolute Gasteiger partial charge is 0.395 e. The van der Waals surface area contributed by atoms with Gasteiger partial charge in [-0.05, 0) is 19.4 Å². The van der Waals surface area contributed by atoms with Gasteiger partial charge in [0.25, 0.3) is 0 Å². The van der Waals surface area contributed by atoms with Crippen LogP contribution in [0.3, 0.4) is 0 Å². The zero-order valence-electron chi connectivity index (χ0n) is 8.87. The normalized spacial score (nSPS) is 13.6. The molecule has 3 heteroatoms. The van der Waals surface area contributed by atoms with Crippen LogP contribution in [-0.4, -0.2) is 47.5 Å². The number of aliphatic hydroxyl groups is 2. The lowest BCUT2D eigenvalue weighted by Gasteiger charge is -2.23. The highest BCUT2D eigenvalue weighted by Crippen LogP contribution is 1.99. The number of hydrogen-bond donors (Lipinski definition) is 2. The lowest BCUT2D eigenvalue weighted by Crippen LogP contribution is -2.35. The summed E-state index contributed by atoms with van der Waals surface area (Å²) in [6.45, 7) is 6.65. The smallest absolute Gasteiger partial charge is 0.0664 e. The van der Waals surface area contributed by atoms with E-state index in [1.165, 1.54) is 0 Å². The van der Waals surface area contributed by atoms with Crippen molar-refractivity contribution in [2.75, 3.05) is 26.2 Å². The van der Waals surface area contributed by atoms with E-state index in [4.69, 9.17) is 5.11 Å². The summed E-state index contributed by atoms with van der Waals surface area (Å²) < 4.78 is 0. The van der Waals surface area contributed by atoms with Gasteiger partial charge in [-0.15, -0.1) is 0 Å². The van der Waals surface area contributed by atoms with Crippen LogP contribution in [0.4, 0.5) is 0 Å². The summed E-state index contributed by atoms with van der Waals surface area (Å²) in [5.74, 6) is 0. The van der Waals surface area contributed by atoms with Gasteiger partial charge in [0, 0.05) is 13.1 Å². The van der Waals surface area contributed by atoms with Crippen molar-refractivity contribution in [3.05, 3.63) is 0 Å². The van der Waals surface area contributed by atoms with Crippen molar-refractivity contribution in [3.63, 3.8) is 0 Å². The summed E-state index contributed by atoms with van der Waals surface area (Å²) in [7, 11) is 0. The highest BCUT2D eigenvalue weighted by Gasteiger charge is 2.08. The Hall–Kier alpha value is -0.120. The molecule has 13 heavy (non-hydrogen) atoms. The topological polar surface area (TPSA) is 43.7 Å². The van der Waals surface area contributed by atoms with E-state index in [2.05, 4.69) is 11.8 Å². The van der Waals surface area contributed by atoms with E-state index in [0.717, 1.165) is 25.8 Å². The molecule has 0 spiro atoms. The first kappa shape index (κ1) is 12.9. The van der Waals surface area contributed by atoms with Gasteiger partial charge in [-0.1, -0.05) is 20.3 Å². The average molecular weight is 189 g/mol. The lowest BCUT2D eigenvalue weighted by atomic mass is 10.2. The SMILES string of the molecule is CCCCN(CCO)CC(O)CC. The third-order valence-corrected chi connectivity index (χ3v) is 2.18. The summed E-state index contributed by atoms with van der Waals surface area (Å²) in [5, 5.41) is 18.2. The molecule has 3 nitrogen and oxygen atoms in total. The second-order valence-corrected chi connectivity index (χ2v) is 3.44. The van der Waals surface area contributed by atoms with E-state index < -0.39 is 0 Å². The van der Waals surface area contributed by atoms with Gasteiger partial charge in [0.1, 0.15) is 0 Å². The first-order chi connectivity index (χ1) is 6.24. The summed E-state index contributed by atoms with van der Waals surface area (Å²) in [4.78, 5) is 2.12. The molecule has 0 bridgehead atoms. The van der Waals surface area contributed by atoms with Crippen LogP contribution in [0, 0.1) is 0 Å². The maximum absolute atomic E-state index is 9.43. The Morgan fingerprint density at radius 1 is 1.23 bits per heavy atom. The third-order valence-electron chi connectivity index (χ3n) is 2.18. The van der Waals surface area contributed by atoms with Crippen molar-refractivity contribution in [1.29, 1.82) is 0 Å².